The van der Waals surface area contributed by atoms with E-state index in [0.29, 0.717) is 17.0 Å². The molecule has 0 bridgehead atoms. The highest BCUT2D eigenvalue weighted by Gasteiger charge is 2.21. The molecule has 1 saturated heterocycles. The SMILES string of the molecule is CCC(F)c1cc(N2CCN(C)CC2)cc(-c2ccccc2C)c1Cl. The van der Waals surface area contributed by atoms with Gasteiger partial charge in [0.15, 0.2) is 0 Å². The first kappa shape index (κ1) is 18.2. The van der Waals surface area contributed by atoms with E-state index in [2.05, 4.69) is 42.0 Å². The number of anilines is 1. The molecule has 1 aliphatic heterocycles. The normalized spacial score (nSPS) is 16.9. The van der Waals surface area contributed by atoms with Crippen molar-refractivity contribution in [2.75, 3.05) is 38.1 Å². The van der Waals surface area contributed by atoms with Crippen molar-refractivity contribution in [2.45, 2.75) is 26.4 Å². The molecule has 0 amide bonds. The highest BCUT2D eigenvalue weighted by Crippen LogP contribution is 2.40. The van der Waals surface area contributed by atoms with Gasteiger partial charge in [-0.3, -0.25) is 0 Å². The zero-order chi connectivity index (χ0) is 18.0. The van der Waals surface area contributed by atoms with E-state index in [1.807, 2.05) is 25.1 Å². The Morgan fingerprint density at radius 1 is 1.08 bits per heavy atom. The summed E-state index contributed by atoms with van der Waals surface area (Å²) >= 11 is 6.66. The minimum atomic E-state index is -1.04. The van der Waals surface area contributed by atoms with Gasteiger partial charge in [-0.1, -0.05) is 42.8 Å². The Bertz CT molecular complexity index is 739. The van der Waals surface area contributed by atoms with Gasteiger partial charge < -0.3 is 9.80 Å². The fraction of sp³-hybridized carbons (Fsp3) is 0.429. The molecule has 4 heteroatoms. The fourth-order valence-electron chi connectivity index (χ4n) is 3.40. The maximum absolute atomic E-state index is 14.6. The number of rotatable bonds is 4. The van der Waals surface area contributed by atoms with Crippen LogP contribution in [0.15, 0.2) is 36.4 Å². The summed E-state index contributed by atoms with van der Waals surface area (Å²) in [5.74, 6) is 0. The molecule has 0 aliphatic carbocycles. The second-order valence-electron chi connectivity index (χ2n) is 6.88. The first-order valence-electron chi connectivity index (χ1n) is 8.98. The topological polar surface area (TPSA) is 6.48 Å². The van der Waals surface area contributed by atoms with E-state index in [9.17, 15) is 4.39 Å². The summed E-state index contributed by atoms with van der Waals surface area (Å²) in [6, 6.07) is 12.2. The van der Waals surface area contributed by atoms with Crippen LogP contribution in [0.1, 0.15) is 30.6 Å². The van der Waals surface area contributed by atoms with Crippen LogP contribution in [0.5, 0.6) is 0 Å². The minimum Gasteiger partial charge on any atom is -0.369 e. The zero-order valence-corrected chi connectivity index (χ0v) is 16.0. The lowest BCUT2D eigenvalue weighted by Crippen LogP contribution is -2.44. The van der Waals surface area contributed by atoms with Gasteiger partial charge in [-0.25, -0.2) is 4.39 Å². The van der Waals surface area contributed by atoms with Crippen LogP contribution in [-0.2, 0) is 0 Å². The third kappa shape index (κ3) is 3.83. The Hall–Kier alpha value is -1.58. The maximum Gasteiger partial charge on any atom is 0.126 e. The lowest BCUT2D eigenvalue weighted by Gasteiger charge is -2.35. The predicted octanol–water partition coefficient (Wildman–Crippen LogP) is 5.49. The molecule has 0 N–H and O–H groups in total. The summed E-state index contributed by atoms with van der Waals surface area (Å²) in [4.78, 5) is 4.66. The molecule has 3 rings (SSSR count). The van der Waals surface area contributed by atoms with Crippen molar-refractivity contribution >= 4 is 17.3 Å². The highest BCUT2D eigenvalue weighted by atomic mass is 35.5. The van der Waals surface area contributed by atoms with Gasteiger partial charge in [-0.05, 0) is 43.7 Å². The maximum atomic E-state index is 14.6. The number of hydrogen-bond acceptors (Lipinski definition) is 2. The molecule has 2 aromatic carbocycles. The molecule has 1 atom stereocenters. The Morgan fingerprint density at radius 2 is 1.76 bits per heavy atom. The molecule has 2 nitrogen and oxygen atoms in total. The van der Waals surface area contributed by atoms with E-state index in [1.165, 1.54) is 0 Å². The first-order chi connectivity index (χ1) is 12.0. The van der Waals surface area contributed by atoms with Crippen LogP contribution in [0.3, 0.4) is 0 Å². The van der Waals surface area contributed by atoms with Gasteiger partial charge in [0.2, 0.25) is 0 Å². The van der Waals surface area contributed by atoms with Gasteiger partial charge in [0.25, 0.3) is 0 Å². The second kappa shape index (κ2) is 7.76. The smallest absolute Gasteiger partial charge is 0.126 e. The van der Waals surface area contributed by atoms with E-state index in [-0.39, 0.29) is 0 Å². The summed E-state index contributed by atoms with van der Waals surface area (Å²) < 4.78 is 14.6. The number of nitrogens with zero attached hydrogens (tertiary/aromatic N) is 2. The van der Waals surface area contributed by atoms with Crippen molar-refractivity contribution in [3.05, 3.63) is 52.5 Å². The largest absolute Gasteiger partial charge is 0.369 e. The monoisotopic (exact) mass is 360 g/mol. The van der Waals surface area contributed by atoms with Crippen molar-refractivity contribution < 1.29 is 4.39 Å². The van der Waals surface area contributed by atoms with Crippen LogP contribution >= 0.6 is 11.6 Å². The number of likely N-dealkylation sites (N-methyl/N-ethyl adjacent to an activating group) is 1. The molecule has 134 valence electrons. The minimum absolute atomic E-state index is 0.430. The van der Waals surface area contributed by atoms with E-state index >= 15 is 0 Å². The van der Waals surface area contributed by atoms with Gasteiger partial charge in [-0.2, -0.15) is 0 Å². The third-order valence-corrected chi connectivity index (χ3v) is 5.51. The van der Waals surface area contributed by atoms with E-state index < -0.39 is 6.17 Å². The molecule has 0 aromatic heterocycles. The second-order valence-corrected chi connectivity index (χ2v) is 7.26. The lowest BCUT2D eigenvalue weighted by molar-refractivity contribution is 0.312. The standard InChI is InChI=1S/C21H26ClFN2/c1-4-20(23)19-14-16(25-11-9-24(3)10-12-25)13-18(21(19)22)17-8-6-5-7-15(17)2/h5-8,13-14,20H,4,9-12H2,1-3H3. The third-order valence-electron chi connectivity index (χ3n) is 5.09. The fourth-order valence-corrected chi connectivity index (χ4v) is 3.73. The van der Waals surface area contributed by atoms with Gasteiger partial charge in [0.05, 0.1) is 5.02 Å². The highest BCUT2D eigenvalue weighted by molar-refractivity contribution is 6.34. The van der Waals surface area contributed by atoms with Gasteiger partial charge in [0.1, 0.15) is 6.17 Å². The van der Waals surface area contributed by atoms with Crippen molar-refractivity contribution in [1.29, 1.82) is 0 Å². The van der Waals surface area contributed by atoms with Crippen molar-refractivity contribution in [2.24, 2.45) is 0 Å². The summed E-state index contributed by atoms with van der Waals surface area (Å²) in [6.07, 6.45) is -0.609. The summed E-state index contributed by atoms with van der Waals surface area (Å²) in [5, 5.41) is 0.543. The van der Waals surface area contributed by atoms with E-state index in [0.717, 1.165) is 48.6 Å². The number of aryl methyl sites for hydroxylation is 1. The predicted molar refractivity (Wildman–Crippen MR) is 105 cm³/mol. The quantitative estimate of drug-likeness (QED) is 0.711. The molecule has 1 heterocycles. The number of hydrogen-bond donors (Lipinski definition) is 0. The zero-order valence-electron chi connectivity index (χ0n) is 15.2. The average Bonchev–Trinajstić information content (AvgIpc) is 2.63. The first-order valence-corrected chi connectivity index (χ1v) is 9.36. The van der Waals surface area contributed by atoms with E-state index in [1.54, 1.807) is 0 Å². The Labute approximate surface area is 155 Å². The number of alkyl halides is 1. The molecule has 25 heavy (non-hydrogen) atoms. The Balaban J connectivity index is 2.10. The molecule has 0 radical (unpaired) electrons. The van der Waals surface area contributed by atoms with Gasteiger partial charge >= 0.3 is 0 Å². The average molecular weight is 361 g/mol. The Morgan fingerprint density at radius 3 is 2.40 bits per heavy atom. The van der Waals surface area contributed by atoms with E-state index in [4.69, 9.17) is 11.6 Å². The molecule has 2 aromatic rings. The van der Waals surface area contributed by atoms with Crippen LogP contribution < -0.4 is 4.90 Å². The molecule has 0 spiro atoms. The molecule has 1 unspecified atom stereocenters. The molecular formula is C21H26ClFN2. The summed E-state index contributed by atoms with van der Waals surface area (Å²) in [5.41, 5.74) is 4.84. The number of piperazine rings is 1. The lowest BCUT2D eigenvalue weighted by atomic mass is 9.95. The number of halogens is 2. The Kier molecular flexibility index (Phi) is 5.65. The van der Waals surface area contributed by atoms with Gasteiger partial charge in [-0.15, -0.1) is 0 Å². The summed E-state index contributed by atoms with van der Waals surface area (Å²) in [6.45, 7) is 7.87. The van der Waals surface area contributed by atoms with Crippen LogP contribution in [0.4, 0.5) is 10.1 Å². The van der Waals surface area contributed by atoms with Crippen LogP contribution in [-0.4, -0.2) is 38.1 Å². The van der Waals surface area contributed by atoms with Crippen LogP contribution in [0.2, 0.25) is 5.02 Å². The molecule has 0 saturated carbocycles. The van der Waals surface area contributed by atoms with Crippen LogP contribution in [0.25, 0.3) is 11.1 Å². The van der Waals surface area contributed by atoms with Crippen molar-refractivity contribution in [3.8, 4) is 11.1 Å². The van der Waals surface area contributed by atoms with Crippen molar-refractivity contribution in [3.63, 3.8) is 0 Å². The molecule has 1 fully saturated rings. The summed E-state index contributed by atoms with van der Waals surface area (Å²) in [7, 11) is 2.14. The van der Waals surface area contributed by atoms with Crippen LogP contribution in [0, 0.1) is 6.92 Å². The van der Waals surface area contributed by atoms with Gasteiger partial charge in [0, 0.05) is 43.0 Å². The molecule has 1 aliphatic rings. The molecular weight excluding hydrogens is 335 g/mol. The van der Waals surface area contributed by atoms with Crippen molar-refractivity contribution in [1.82, 2.24) is 4.90 Å². The number of benzene rings is 2.